The van der Waals surface area contributed by atoms with Crippen molar-refractivity contribution >= 4 is 19.8 Å². The highest BCUT2D eigenvalue weighted by Gasteiger charge is 2.21. The molecule has 0 aromatic carbocycles. The number of unbranched alkanes of at least 4 members (excludes halogenated alkanes) is 25. The number of quaternary nitrogens is 1. The number of rotatable bonds is 41. The lowest BCUT2D eigenvalue weighted by molar-refractivity contribution is -0.870. The molecule has 54 heavy (non-hydrogen) atoms. The summed E-state index contributed by atoms with van der Waals surface area (Å²) in [5, 5.41) is 0. The Balaban J connectivity index is 4.33. The second-order valence-electron chi connectivity index (χ2n) is 16.4. The van der Waals surface area contributed by atoms with Gasteiger partial charge in [0.15, 0.2) is 6.10 Å². The van der Waals surface area contributed by atoms with Crippen LogP contribution in [0.25, 0.3) is 0 Å². The summed E-state index contributed by atoms with van der Waals surface area (Å²) < 4.78 is 33.9. The third kappa shape index (κ3) is 40.4. The summed E-state index contributed by atoms with van der Waals surface area (Å²) in [6.07, 6.45) is 38.0. The zero-order chi connectivity index (χ0) is 40.0. The Labute approximate surface area is 333 Å². The van der Waals surface area contributed by atoms with Crippen molar-refractivity contribution in [3.63, 3.8) is 0 Å². The highest BCUT2D eigenvalue weighted by atomic mass is 31.2. The van der Waals surface area contributed by atoms with Crippen LogP contribution in [0.5, 0.6) is 0 Å². The molecule has 0 bridgehead atoms. The smallest absolute Gasteiger partial charge is 0.306 e. The van der Waals surface area contributed by atoms with Gasteiger partial charge < -0.3 is 27.9 Å². The predicted molar refractivity (Wildman–Crippen MR) is 222 cm³/mol. The van der Waals surface area contributed by atoms with E-state index in [1.807, 2.05) is 21.1 Å². The maximum atomic E-state index is 12.7. The van der Waals surface area contributed by atoms with Gasteiger partial charge in [0.1, 0.15) is 19.8 Å². The molecular formula is C44H86NO8P. The number of phosphoric ester groups is 1. The lowest BCUT2D eigenvalue weighted by Gasteiger charge is -2.28. The van der Waals surface area contributed by atoms with Crippen molar-refractivity contribution in [1.29, 1.82) is 0 Å². The Hall–Kier alpha value is -1.25. The largest absolute Gasteiger partial charge is 0.756 e. The van der Waals surface area contributed by atoms with Crippen molar-refractivity contribution in [2.75, 3.05) is 47.5 Å². The fourth-order valence-electron chi connectivity index (χ4n) is 6.24. The molecule has 9 nitrogen and oxygen atoms in total. The minimum absolute atomic E-state index is 0.0286. The number of hydrogen-bond acceptors (Lipinski definition) is 8. The second-order valence-corrected chi connectivity index (χ2v) is 17.8. The van der Waals surface area contributed by atoms with Gasteiger partial charge in [-0.05, 0) is 38.5 Å². The van der Waals surface area contributed by atoms with Gasteiger partial charge in [-0.25, -0.2) is 0 Å². The Morgan fingerprint density at radius 2 is 0.944 bits per heavy atom. The first-order valence-corrected chi connectivity index (χ1v) is 23.9. The summed E-state index contributed by atoms with van der Waals surface area (Å²) in [5.41, 5.74) is 0. The normalized spacial score (nSPS) is 13.7. The number of ether oxygens (including phenoxy) is 2. The number of esters is 2. The summed E-state index contributed by atoms with van der Waals surface area (Å²) in [7, 11) is 1.17. The van der Waals surface area contributed by atoms with E-state index in [0.717, 1.165) is 44.9 Å². The van der Waals surface area contributed by atoms with Crippen LogP contribution in [-0.4, -0.2) is 70.0 Å². The van der Waals surface area contributed by atoms with Crippen LogP contribution in [0.2, 0.25) is 0 Å². The van der Waals surface area contributed by atoms with Crippen molar-refractivity contribution in [3.8, 4) is 0 Å². The maximum absolute atomic E-state index is 12.7. The summed E-state index contributed by atoms with van der Waals surface area (Å²) in [6, 6.07) is 0. The molecule has 0 aromatic rings. The van der Waals surface area contributed by atoms with Gasteiger partial charge in [-0.3, -0.25) is 14.2 Å². The van der Waals surface area contributed by atoms with E-state index in [9.17, 15) is 19.0 Å². The van der Waals surface area contributed by atoms with Crippen molar-refractivity contribution in [2.45, 2.75) is 213 Å². The Morgan fingerprint density at radius 1 is 0.556 bits per heavy atom. The van der Waals surface area contributed by atoms with E-state index in [-0.39, 0.29) is 32.0 Å². The molecule has 10 heteroatoms. The van der Waals surface area contributed by atoms with Crippen LogP contribution in [0.3, 0.4) is 0 Å². The van der Waals surface area contributed by atoms with Crippen LogP contribution < -0.4 is 4.89 Å². The van der Waals surface area contributed by atoms with E-state index in [1.54, 1.807) is 0 Å². The predicted octanol–water partition coefficient (Wildman–Crippen LogP) is 11.9. The number of carbonyl (C=O) groups excluding carboxylic acids is 2. The molecule has 0 aromatic heterocycles. The summed E-state index contributed by atoms with van der Waals surface area (Å²) >= 11 is 0. The van der Waals surface area contributed by atoms with E-state index in [4.69, 9.17) is 18.5 Å². The molecule has 2 unspecified atom stereocenters. The monoisotopic (exact) mass is 788 g/mol. The fraction of sp³-hybridized carbons (Fsp3) is 0.909. The van der Waals surface area contributed by atoms with Gasteiger partial charge >= 0.3 is 11.9 Å². The number of nitrogens with zero attached hydrogens (tertiary/aromatic N) is 1. The highest BCUT2D eigenvalue weighted by Crippen LogP contribution is 2.38. The van der Waals surface area contributed by atoms with E-state index in [2.05, 4.69) is 26.0 Å². The second kappa shape index (κ2) is 37.3. The van der Waals surface area contributed by atoms with Gasteiger partial charge in [0.2, 0.25) is 0 Å². The van der Waals surface area contributed by atoms with Crippen molar-refractivity contribution in [3.05, 3.63) is 12.2 Å². The number of hydrogen-bond donors (Lipinski definition) is 0. The molecule has 0 aliphatic carbocycles. The lowest BCUT2D eigenvalue weighted by Crippen LogP contribution is -2.37. The number of carbonyl (C=O) groups is 2. The molecule has 2 atom stereocenters. The molecule has 0 radical (unpaired) electrons. The van der Waals surface area contributed by atoms with Crippen LogP contribution in [0.4, 0.5) is 0 Å². The number of phosphoric acid groups is 1. The van der Waals surface area contributed by atoms with Gasteiger partial charge in [0.05, 0.1) is 27.7 Å². The quantitative estimate of drug-likeness (QED) is 0.0198. The van der Waals surface area contributed by atoms with Crippen molar-refractivity contribution < 1.29 is 42.1 Å². The molecule has 0 heterocycles. The first-order valence-electron chi connectivity index (χ1n) is 22.4. The van der Waals surface area contributed by atoms with Crippen LogP contribution in [0.15, 0.2) is 12.2 Å². The Morgan fingerprint density at radius 3 is 1.37 bits per heavy atom. The average Bonchev–Trinajstić information content (AvgIpc) is 3.12. The van der Waals surface area contributed by atoms with E-state index in [0.29, 0.717) is 17.4 Å². The average molecular weight is 788 g/mol. The molecule has 0 aliphatic rings. The summed E-state index contributed by atoms with van der Waals surface area (Å²) in [6.45, 7) is 4.24. The highest BCUT2D eigenvalue weighted by molar-refractivity contribution is 7.45. The maximum Gasteiger partial charge on any atom is 0.306 e. The summed E-state index contributed by atoms with van der Waals surface area (Å²) in [5.74, 6) is -0.830. The third-order valence-corrected chi connectivity index (χ3v) is 10.7. The van der Waals surface area contributed by atoms with Gasteiger partial charge in [-0.2, -0.15) is 0 Å². The molecule has 0 saturated carbocycles. The van der Waals surface area contributed by atoms with Crippen LogP contribution in [0, 0.1) is 0 Å². The Bertz CT molecular complexity index is 938. The number of likely N-dealkylation sites (N-methyl/N-ethyl adjacent to an activating group) is 1. The molecule has 0 fully saturated rings. The van der Waals surface area contributed by atoms with Crippen LogP contribution in [0.1, 0.15) is 206 Å². The van der Waals surface area contributed by atoms with E-state index < -0.39 is 26.5 Å². The van der Waals surface area contributed by atoms with Crippen LogP contribution in [-0.2, 0) is 32.7 Å². The molecule has 0 aliphatic heterocycles. The van der Waals surface area contributed by atoms with Crippen LogP contribution >= 0.6 is 7.82 Å². The lowest BCUT2D eigenvalue weighted by atomic mass is 10.0. The SMILES string of the molecule is CCCCCCCC/C=C\CCCCCCCCCC(=O)OC(COC(=O)CCCCCCCCCCCCCCC)COP(=O)([O-])OCC[N+](C)(C)C. The molecule has 0 spiro atoms. The first kappa shape index (κ1) is 52.8. The molecular weight excluding hydrogens is 701 g/mol. The van der Waals surface area contributed by atoms with Crippen molar-refractivity contribution in [2.24, 2.45) is 0 Å². The zero-order valence-electron chi connectivity index (χ0n) is 35.9. The molecule has 0 amide bonds. The van der Waals surface area contributed by atoms with Gasteiger partial charge in [-0.1, -0.05) is 167 Å². The third-order valence-electron chi connectivity index (χ3n) is 9.79. The molecule has 0 saturated heterocycles. The first-order chi connectivity index (χ1) is 26.0. The fourth-order valence-corrected chi connectivity index (χ4v) is 6.97. The molecule has 0 N–H and O–H groups in total. The standard InChI is InChI=1S/C44H86NO8P/c1-6-8-10-12-14-16-18-20-21-22-23-25-27-29-31-33-35-37-44(47)53-42(41-52-54(48,49)51-39-38-45(3,4)5)40-50-43(46)36-34-32-30-28-26-24-19-17-15-13-11-9-7-2/h20-21,42H,6-19,22-41H2,1-5H3/b21-20-. The summed E-state index contributed by atoms with van der Waals surface area (Å²) in [4.78, 5) is 37.5. The van der Waals surface area contributed by atoms with E-state index >= 15 is 0 Å². The Kier molecular flexibility index (Phi) is 36.5. The minimum Gasteiger partial charge on any atom is -0.756 e. The molecule has 320 valence electrons. The number of allylic oxidation sites excluding steroid dienone is 2. The van der Waals surface area contributed by atoms with Crippen molar-refractivity contribution in [1.82, 2.24) is 0 Å². The topological polar surface area (TPSA) is 111 Å². The van der Waals surface area contributed by atoms with E-state index in [1.165, 1.54) is 128 Å². The van der Waals surface area contributed by atoms with Gasteiger partial charge in [0.25, 0.3) is 7.82 Å². The molecule has 0 rings (SSSR count). The van der Waals surface area contributed by atoms with Gasteiger partial charge in [-0.15, -0.1) is 0 Å². The zero-order valence-corrected chi connectivity index (χ0v) is 36.8. The minimum atomic E-state index is -4.62. The van der Waals surface area contributed by atoms with Gasteiger partial charge in [0, 0.05) is 12.8 Å².